The van der Waals surface area contributed by atoms with Crippen LogP contribution in [-0.4, -0.2) is 34.6 Å². The molecule has 0 saturated heterocycles. The maximum atomic E-state index is 12.1. The van der Waals surface area contributed by atoms with E-state index in [9.17, 15) is 13.8 Å². The molecule has 0 bridgehead atoms. The Bertz CT molecular complexity index is 753. The molecule has 0 aromatic carbocycles. The standard InChI is InChI=1S/C13H16N4O3S3/c1-7-12(22-13(16-7)17-8(2)18)9-4-5-11(21-9)23(20)15-6-10(19)14-3/h4-5,15H,6H2,1-3H3,(H,14,19)(H,16,17,18). The van der Waals surface area contributed by atoms with Crippen molar-refractivity contribution in [2.24, 2.45) is 0 Å². The third-order valence-corrected chi connectivity index (χ3v) is 6.46. The number of rotatable bonds is 6. The van der Waals surface area contributed by atoms with E-state index >= 15 is 0 Å². The number of anilines is 1. The van der Waals surface area contributed by atoms with Gasteiger partial charge in [0.2, 0.25) is 11.8 Å². The molecule has 2 aromatic rings. The van der Waals surface area contributed by atoms with Crippen molar-refractivity contribution in [3.63, 3.8) is 0 Å². The van der Waals surface area contributed by atoms with E-state index in [-0.39, 0.29) is 18.4 Å². The van der Waals surface area contributed by atoms with E-state index in [1.807, 2.05) is 13.0 Å². The molecule has 2 aromatic heterocycles. The van der Waals surface area contributed by atoms with Gasteiger partial charge in [0.1, 0.15) is 15.2 Å². The lowest BCUT2D eigenvalue weighted by molar-refractivity contribution is -0.119. The van der Waals surface area contributed by atoms with Crippen molar-refractivity contribution in [1.29, 1.82) is 0 Å². The van der Waals surface area contributed by atoms with Gasteiger partial charge < -0.3 is 10.6 Å². The molecule has 2 rings (SSSR count). The quantitative estimate of drug-likeness (QED) is 0.715. The van der Waals surface area contributed by atoms with Gasteiger partial charge in [0.25, 0.3) is 0 Å². The Morgan fingerprint density at radius 3 is 2.70 bits per heavy atom. The van der Waals surface area contributed by atoms with Gasteiger partial charge in [-0.2, -0.15) is 0 Å². The highest BCUT2D eigenvalue weighted by Crippen LogP contribution is 2.37. The number of hydrogen-bond donors (Lipinski definition) is 3. The first kappa shape index (κ1) is 17.7. The highest BCUT2D eigenvalue weighted by atomic mass is 32.2. The molecule has 0 aliphatic heterocycles. The zero-order valence-electron chi connectivity index (χ0n) is 12.8. The van der Waals surface area contributed by atoms with E-state index in [1.54, 1.807) is 6.07 Å². The molecule has 0 spiro atoms. The van der Waals surface area contributed by atoms with Crippen LogP contribution >= 0.6 is 22.7 Å². The molecule has 10 heteroatoms. The van der Waals surface area contributed by atoms with Crippen LogP contribution in [0.5, 0.6) is 0 Å². The summed E-state index contributed by atoms with van der Waals surface area (Å²) >= 11 is 2.73. The van der Waals surface area contributed by atoms with Crippen LogP contribution in [0.25, 0.3) is 9.75 Å². The van der Waals surface area contributed by atoms with Crippen LogP contribution in [0.4, 0.5) is 5.13 Å². The number of thiazole rings is 1. The van der Waals surface area contributed by atoms with Gasteiger partial charge in [0.15, 0.2) is 5.13 Å². The zero-order valence-corrected chi connectivity index (χ0v) is 15.2. The summed E-state index contributed by atoms with van der Waals surface area (Å²) < 4.78 is 15.4. The minimum Gasteiger partial charge on any atom is -0.358 e. The first-order chi connectivity index (χ1) is 10.9. The van der Waals surface area contributed by atoms with E-state index in [1.165, 1.54) is 36.6 Å². The Hall–Kier alpha value is -1.62. The normalized spacial score (nSPS) is 12.0. The van der Waals surface area contributed by atoms with Crippen molar-refractivity contribution in [1.82, 2.24) is 15.0 Å². The van der Waals surface area contributed by atoms with Crippen molar-refractivity contribution >= 4 is 50.6 Å². The van der Waals surface area contributed by atoms with Gasteiger partial charge in [-0.15, -0.1) is 11.3 Å². The molecule has 0 saturated carbocycles. The van der Waals surface area contributed by atoms with Crippen molar-refractivity contribution in [3.8, 4) is 9.75 Å². The number of nitrogens with one attached hydrogen (secondary N) is 3. The fourth-order valence-corrected chi connectivity index (χ4v) is 4.92. The van der Waals surface area contributed by atoms with Gasteiger partial charge in [0, 0.05) is 18.8 Å². The number of aryl methyl sites for hydroxylation is 1. The molecule has 3 N–H and O–H groups in total. The van der Waals surface area contributed by atoms with Gasteiger partial charge >= 0.3 is 0 Å². The van der Waals surface area contributed by atoms with Crippen LogP contribution in [0.1, 0.15) is 12.6 Å². The molecule has 0 radical (unpaired) electrons. The maximum Gasteiger partial charge on any atom is 0.234 e. The molecular formula is C13H16N4O3S3. The molecule has 23 heavy (non-hydrogen) atoms. The molecule has 0 aliphatic rings. The van der Waals surface area contributed by atoms with Gasteiger partial charge in [-0.3, -0.25) is 9.59 Å². The third kappa shape index (κ3) is 4.67. The predicted molar refractivity (Wildman–Crippen MR) is 92.9 cm³/mol. The van der Waals surface area contributed by atoms with Crippen molar-refractivity contribution < 1.29 is 13.8 Å². The second-order valence-electron chi connectivity index (χ2n) is 4.50. The van der Waals surface area contributed by atoms with Crippen LogP contribution in [0.15, 0.2) is 16.3 Å². The lowest BCUT2D eigenvalue weighted by Crippen LogP contribution is -2.32. The minimum absolute atomic E-state index is 0.0113. The van der Waals surface area contributed by atoms with Crippen molar-refractivity contribution in [2.75, 3.05) is 18.9 Å². The molecule has 0 fully saturated rings. The van der Waals surface area contributed by atoms with Gasteiger partial charge in [-0.25, -0.2) is 13.9 Å². The summed E-state index contributed by atoms with van der Waals surface area (Å²) in [7, 11) is 0.0779. The topological polar surface area (TPSA) is 100 Å². The Kier molecular flexibility index (Phi) is 5.99. The number of aromatic nitrogens is 1. The molecular weight excluding hydrogens is 356 g/mol. The lowest BCUT2D eigenvalue weighted by Gasteiger charge is -2.01. The number of carbonyl (C=O) groups is 2. The molecule has 1 atom stereocenters. The first-order valence-corrected chi connectivity index (χ1v) is 9.40. The summed E-state index contributed by atoms with van der Waals surface area (Å²) in [6.45, 7) is 3.28. The van der Waals surface area contributed by atoms with Crippen LogP contribution in [0.3, 0.4) is 0 Å². The Morgan fingerprint density at radius 1 is 1.30 bits per heavy atom. The first-order valence-electron chi connectivity index (χ1n) is 6.61. The van der Waals surface area contributed by atoms with Crippen molar-refractivity contribution in [3.05, 3.63) is 17.8 Å². The predicted octanol–water partition coefficient (Wildman–Crippen LogP) is 1.50. The molecule has 124 valence electrons. The number of nitrogens with zero attached hydrogens (tertiary/aromatic N) is 1. The Balaban J connectivity index is 2.12. The molecule has 1 unspecified atom stereocenters. The van der Waals surface area contributed by atoms with Crippen LogP contribution in [-0.2, 0) is 20.6 Å². The molecule has 0 aliphatic carbocycles. The van der Waals surface area contributed by atoms with Crippen LogP contribution in [0, 0.1) is 6.92 Å². The van der Waals surface area contributed by atoms with E-state index < -0.39 is 11.0 Å². The van der Waals surface area contributed by atoms with Gasteiger partial charge in [0.05, 0.1) is 17.1 Å². The summed E-state index contributed by atoms with van der Waals surface area (Å²) in [5.74, 6) is -0.398. The molecule has 7 nitrogen and oxygen atoms in total. The Labute approximate surface area is 144 Å². The number of thiophene rings is 1. The SMILES string of the molecule is CNC(=O)CNS(=O)c1ccc(-c2sc(NC(C)=O)nc2C)s1. The highest BCUT2D eigenvalue weighted by molar-refractivity contribution is 7.85. The summed E-state index contributed by atoms with van der Waals surface area (Å²) in [6.07, 6.45) is 0. The summed E-state index contributed by atoms with van der Waals surface area (Å²) in [6, 6.07) is 3.61. The second-order valence-corrected chi connectivity index (χ2v) is 8.10. The van der Waals surface area contributed by atoms with Gasteiger partial charge in [-0.1, -0.05) is 11.3 Å². The Morgan fingerprint density at radius 2 is 2.04 bits per heavy atom. The third-order valence-electron chi connectivity index (χ3n) is 2.71. The highest BCUT2D eigenvalue weighted by Gasteiger charge is 2.15. The van der Waals surface area contributed by atoms with E-state index in [0.717, 1.165) is 15.4 Å². The lowest BCUT2D eigenvalue weighted by atomic mass is 10.3. The van der Waals surface area contributed by atoms with E-state index in [0.29, 0.717) is 9.34 Å². The number of likely N-dealkylation sites (N-methyl/N-ethyl adjacent to an activating group) is 1. The zero-order chi connectivity index (χ0) is 17.0. The minimum atomic E-state index is -1.45. The average molecular weight is 372 g/mol. The van der Waals surface area contributed by atoms with E-state index in [4.69, 9.17) is 0 Å². The number of amides is 2. The van der Waals surface area contributed by atoms with Gasteiger partial charge in [-0.05, 0) is 19.1 Å². The summed E-state index contributed by atoms with van der Waals surface area (Å²) in [5.41, 5.74) is 0.802. The fourth-order valence-electron chi connectivity index (χ4n) is 1.66. The number of carbonyl (C=O) groups excluding carboxylic acids is 2. The fraction of sp³-hybridized carbons (Fsp3) is 0.308. The van der Waals surface area contributed by atoms with Crippen molar-refractivity contribution in [2.45, 2.75) is 18.1 Å². The average Bonchev–Trinajstić information content (AvgIpc) is 3.10. The number of hydrogen-bond acceptors (Lipinski definition) is 6. The van der Waals surface area contributed by atoms with Crippen LogP contribution in [0.2, 0.25) is 0 Å². The summed E-state index contributed by atoms with van der Waals surface area (Å²) in [5, 5.41) is 5.66. The monoisotopic (exact) mass is 372 g/mol. The molecule has 2 heterocycles. The van der Waals surface area contributed by atoms with Crippen LogP contribution < -0.4 is 15.4 Å². The summed E-state index contributed by atoms with van der Waals surface area (Å²) in [4.78, 5) is 28.4. The maximum absolute atomic E-state index is 12.1. The smallest absolute Gasteiger partial charge is 0.234 e. The second kappa shape index (κ2) is 7.77. The van der Waals surface area contributed by atoms with E-state index in [2.05, 4.69) is 20.3 Å². The molecule has 2 amide bonds. The largest absolute Gasteiger partial charge is 0.358 e.